The lowest BCUT2D eigenvalue weighted by Crippen LogP contribution is -2.14. The van der Waals surface area contributed by atoms with E-state index < -0.39 is 11.9 Å². The molecular formula is C17H24O6. The summed E-state index contributed by atoms with van der Waals surface area (Å²) >= 11 is 0. The molecule has 0 atom stereocenters. The molecule has 0 N–H and O–H groups in total. The van der Waals surface area contributed by atoms with Gasteiger partial charge in [-0.1, -0.05) is 37.0 Å². The number of carbonyl (C=O) groups is 2. The van der Waals surface area contributed by atoms with Gasteiger partial charge in [0, 0.05) is 12.2 Å². The van der Waals surface area contributed by atoms with E-state index in [4.69, 9.17) is 18.9 Å². The van der Waals surface area contributed by atoms with Crippen molar-refractivity contribution >= 4 is 11.9 Å². The fourth-order valence-electron chi connectivity index (χ4n) is 1.21. The lowest BCUT2D eigenvalue weighted by atomic mass is 10.4. The maximum absolute atomic E-state index is 11.2. The molecule has 0 saturated carbocycles. The van der Waals surface area contributed by atoms with Gasteiger partial charge in [-0.25, -0.2) is 9.59 Å². The fraction of sp³-hybridized carbons (Fsp3) is 0.412. The van der Waals surface area contributed by atoms with Crippen molar-refractivity contribution in [1.82, 2.24) is 0 Å². The minimum atomic E-state index is -0.435. The summed E-state index contributed by atoms with van der Waals surface area (Å²) in [6, 6.07) is 0. The predicted octanol–water partition coefficient (Wildman–Crippen LogP) is 1.98. The average molecular weight is 324 g/mol. The van der Waals surface area contributed by atoms with E-state index in [2.05, 4.69) is 6.58 Å². The zero-order chi connectivity index (χ0) is 17.2. The first-order valence-corrected chi connectivity index (χ1v) is 7.28. The van der Waals surface area contributed by atoms with Crippen molar-refractivity contribution in [1.29, 1.82) is 0 Å². The molecule has 0 bridgehead atoms. The van der Waals surface area contributed by atoms with E-state index >= 15 is 0 Å². The average Bonchev–Trinajstić information content (AvgIpc) is 2.54. The van der Waals surface area contributed by atoms with Crippen LogP contribution in [-0.4, -0.2) is 51.6 Å². The van der Waals surface area contributed by atoms with Crippen LogP contribution in [0.5, 0.6) is 0 Å². The number of hydrogen-bond acceptors (Lipinski definition) is 6. The van der Waals surface area contributed by atoms with Crippen LogP contribution in [0.25, 0.3) is 0 Å². The third-order valence-corrected chi connectivity index (χ3v) is 2.22. The second-order valence-corrected chi connectivity index (χ2v) is 4.04. The van der Waals surface area contributed by atoms with Crippen molar-refractivity contribution in [3.8, 4) is 0 Å². The second-order valence-electron chi connectivity index (χ2n) is 4.04. The summed E-state index contributed by atoms with van der Waals surface area (Å²) in [6.45, 7) is 7.00. The zero-order valence-electron chi connectivity index (χ0n) is 13.4. The van der Waals surface area contributed by atoms with Gasteiger partial charge in [0.25, 0.3) is 0 Å². The summed E-state index contributed by atoms with van der Waals surface area (Å²) in [7, 11) is 0. The topological polar surface area (TPSA) is 71.1 Å². The summed E-state index contributed by atoms with van der Waals surface area (Å²) in [6.07, 6.45) is 10.8. The van der Waals surface area contributed by atoms with E-state index in [1.807, 2.05) is 13.0 Å². The Morgan fingerprint density at radius 1 is 0.783 bits per heavy atom. The van der Waals surface area contributed by atoms with Gasteiger partial charge < -0.3 is 18.9 Å². The maximum Gasteiger partial charge on any atom is 0.330 e. The molecule has 6 heteroatoms. The van der Waals surface area contributed by atoms with E-state index in [9.17, 15) is 9.59 Å². The Balaban J connectivity index is 3.34. The Kier molecular flexibility index (Phi) is 14.7. The molecule has 0 radical (unpaired) electrons. The molecule has 0 aliphatic rings. The first kappa shape index (κ1) is 20.8. The first-order valence-electron chi connectivity index (χ1n) is 7.28. The monoisotopic (exact) mass is 324 g/mol. The van der Waals surface area contributed by atoms with Gasteiger partial charge in [0.15, 0.2) is 0 Å². The number of carbonyl (C=O) groups excluding carboxylic acids is 2. The highest BCUT2D eigenvalue weighted by Gasteiger charge is 1.97. The molecule has 0 unspecified atom stereocenters. The molecule has 0 amide bonds. The molecule has 0 spiro atoms. The van der Waals surface area contributed by atoms with Gasteiger partial charge in [-0.2, -0.15) is 0 Å². The van der Waals surface area contributed by atoms with E-state index in [1.165, 1.54) is 24.3 Å². The molecule has 0 aromatic rings. The van der Waals surface area contributed by atoms with Gasteiger partial charge in [0.2, 0.25) is 0 Å². The summed E-state index contributed by atoms with van der Waals surface area (Å²) in [5.41, 5.74) is 0. The molecule has 0 aromatic carbocycles. The van der Waals surface area contributed by atoms with Crippen LogP contribution in [0.4, 0.5) is 0 Å². The Bertz CT molecular complexity index is 423. The van der Waals surface area contributed by atoms with Crippen LogP contribution in [0, 0.1) is 0 Å². The molecule has 0 aliphatic heterocycles. The van der Waals surface area contributed by atoms with Crippen LogP contribution in [0.15, 0.2) is 49.1 Å². The van der Waals surface area contributed by atoms with Crippen LogP contribution in [0.2, 0.25) is 0 Å². The highest BCUT2D eigenvalue weighted by Crippen LogP contribution is 1.87. The minimum absolute atomic E-state index is 0.177. The normalized spacial score (nSPS) is 11.3. The molecule has 0 aromatic heterocycles. The highest BCUT2D eigenvalue weighted by atomic mass is 16.6. The Labute approximate surface area is 137 Å². The van der Waals surface area contributed by atoms with Gasteiger partial charge in [0.05, 0.1) is 26.4 Å². The predicted molar refractivity (Wildman–Crippen MR) is 86.8 cm³/mol. The number of allylic oxidation sites excluding steroid dienone is 5. The number of esters is 2. The molecular weight excluding hydrogens is 300 g/mol. The molecule has 128 valence electrons. The van der Waals surface area contributed by atoms with Crippen LogP contribution in [-0.2, 0) is 28.5 Å². The van der Waals surface area contributed by atoms with Crippen molar-refractivity contribution in [3.63, 3.8) is 0 Å². The SMILES string of the molecule is C=C/C=C/C(=O)OCCOCCOCCOC(=O)/C=C/C=C/C. The lowest BCUT2D eigenvalue weighted by Gasteiger charge is -2.06. The largest absolute Gasteiger partial charge is 0.460 e. The summed E-state index contributed by atoms with van der Waals surface area (Å²) < 4.78 is 20.2. The van der Waals surface area contributed by atoms with Crippen molar-refractivity contribution in [3.05, 3.63) is 49.1 Å². The molecule has 0 aliphatic carbocycles. The summed E-state index contributed by atoms with van der Waals surface area (Å²) in [5.74, 6) is -0.842. The molecule has 0 rings (SSSR count). The standard InChI is InChI=1S/C17H24O6/c1-3-5-7-9-17(19)23-15-13-21-11-10-20-12-14-22-16(18)8-6-4-2/h3-9H,2,10-15H2,1H3/b5-3+,8-6+,9-7+. The van der Waals surface area contributed by atoms with Gasteiger partial charge in [-0.15, -0.1) is 0 Å². The van der Waals surface area contributed by atoms with Gasteiger partial charge in [-0.3, -0.25) is 0 Å². The van der Waals surface area contributed by atoms with Crippen molar-refractivity contribution in [2.45, 2.75) is 6.92 Å². The van der Waals surface area contributed by atoms with Crippen molar-refractivity contribution in [2.75, 3.05) is 39.6 Å². The first-order chi connectivity index (χ1) is 11.2. The Hall–Kier alpha value is -2.18. The van der Waals surface area contributed by atoms with E-state index in [1.54, 1.807) is 12.2 Å². The molecule has 0 saturated heterocycles. The van der Waals surface area contributed by atoms with Crippen molar-refractivity contribution < 1.29 is 28.5 Å². The molecule has 23 heavy (non-hydrogen) atoms. The minimum Gasteiger partial charge on any atom is -0.460 e. The Morgan fingerprint density at radius 3 is 1.74 bits per heavy atom. The molecule has 0 fully saturated rings. The van der Waals surface area contributed by atoms with E-state index in [0.717, 1.165) is 0 Å². The fourth-order valence-corrected chi connectivity index (χ4v) is 1.21. The van der Waals surface area contributed by atoms with Crippen LogP contribution < -0.4 is 0 Å². The Morgan fingerprint density at radius 2 is 1.26 bits per heavy atom. The number of hydrogen-bond donors (Lipinski definition) is 0. The van der Waals surface area contributed by atoms with Gasteiger partial charge in [-0.05, 0) is 6.92 Å². The van der Waals surface area contributed by atoms with E-state index in [-0.39, 0.29) is 13.2 Å². The number of ether oxygens (including phenoxy) is 4. The number of rotatable bonds is 13. The molecule has 0 heterocycles. The highest BCUT2D eigenvalue weighted by molar-refractivity contribution is 5.82. The van der Waals surface area contributed by atoms with Crippen LogP contribution >= 0.6 is 0 Å². The summed E-state index contributed by atoms with van der Waals surface area (Å²) in [5, 5.41) is 0. The maximum atomic E-state index is 11.2. The van der Waals surface area contributed by atoms with Crippen LogP contribution in [0.3, 0.4) is 0 Å². The summed E-state index contributed by atoms with van der Waals surface area (Å²) in [4.78, 5) is 22.2. The third kappa shape index (κ3) is 16.0. The zero-order valence-corrected chi connectivity index (χ0v) is 13.4. The smallest absolute Gasteiger partial charge is 0.330 e. The second kappa shape index (κ2) is 16.2. The van der Waals surface area contributed by atoms with Crippen molar-refractivity contribution in [2.24, 2.45) is 0 Å². The quantitative estimate of drug-likeness (QED) is 0.223. The van der Waals surface area contributed by atoms with E-state index in [0.29, 0.717) is 26.4 Å². The third-order valence-electron chi connectivity index (χ3n) is 2.22. The van der Waals surface area contributed by atoms with Gasteiger partial charge in [0.1, 0.15) is 13.2 Å². The lowest BCUT2D eigenvalue weighted by molar-refractivity contribution is -0.141. The van der Waals surface area contributed by atoms with Gasteiger partial charge >= 0.3 is 11.9 Å². The van der Waals surface area contributed by atoms with Crippen LogP contribution in [0.1, 0.15) is 6.92 Å². The molecule has 6 nitrogen and oxygen atoms in total.